The molecule has 0 saturated carbocycles. The van der Waals surface area contributed by atoms with Crippen LogP contribution >= 0.6 is 0 Å². The summed E-state index contributed by atoms with van der Waals surface area (Å²) in [5, 5.41) is 13.1. The lowest BCUT2D eigenvalue weighted by atomic mass is 9.92. The lowest BCUT2D eigenvalue weighted by molar-refractivity contribution is 0.215. The fraction of sp³-hybridized carbons (Fsp3) is 0.385. The van der Waals surface area contributed by atoms with E-state index in [0.717, 1.165) is 16.5 Å². The van der Waals surface area contributed by atoms with E-state index in [4.69, 9.17) is 4.42 Å². The smallest absolute Gasteiger partial charge is 0.133 e. The Kier molecular flexibility index (Phi) is 3.76. The molecular formula is C13H16FNO2. The summed E-state index contributed by atoms with van der Waals surface area (Å²) in [6.07, 6.45) is 1.61. The lowest BCUT2D eigenvalue weighted by Gasteiger charge is -2.23. The molecule has 0 aliphatic rings. The molecule has 0 bridgehead atoms. The van der Waals surface area contributed by atoms with Gasteiger partial charge in [-0.25, -0.2) is 0 Å². The minimum Gasteiger partial charge on any atom is -0.464 e. The fourth-order valence-electron chi connectivity index (χ4n) is 2.06. The highest BCUT2D eigenvalue weighted by atomic mass is 19.1. The summed E-state index contributed by atoms with van der Waals surface area (Å²) in [6, 6.07) is 7.15. The van der Waals surface area contributed by atoms with Gasteiger partial charge in [0.2, 0.25) is 0 Å². The quantitative estimate of drug-likeness (QED) is 0.836. The molecule has 17 heavy (non-hydrogen) atoms. The third kappa shape index (κ3) is 2.33. The second-order valence-electron chi connectivity index (χ2n) is 4.06. The molecule has 2 unspecified atom stereocenters. The van der Waals surface area contributed by atoms with Crippen LogP contribution in [-0.4, -0.2) is 31.5 Å². The number of halogens is 1. The van der Waals surface area contributed by atoms with Gasteiger partial charge in [-0.1, -0.05) is 6.07 Å². The molecule has 1 heterocycles. The van der Waals surface area contributed by atoms with Crippen LogP contribution in [-0.2, 0) is 0 Å². The van der Waals surface area contributed by atoms with Crippen LogP contribution in [0.15, 0.2) is 34.9 Å². The Morgan fingerprint density at radius 1 is 1.41 bits per heavy atom. The van der Waals surface area contributed by atoms with E-state index in [1.54, 1.807) is 13.3 Å². The van der Waals surface area contributed by atoms with Crippen molar-refractivity contribution >= 4 is 11.0 Å². The summed E-state index contributed by atoms with van der Waals surface area (Å²) < 4.78 is 18.4. The normalized spacial score (nSPS) is 15.0. The predicted molar refractivity (Wildman–Crippen MR) is 64.9 cm³/mol. The van der Waals surface area contributed by atoms with Gasteiger partial charge in [-0.2, -0.15) is 0 Å². The number of aliphatic hydroxyl groups is 1. The zero-order valence-corrected chi connectivity index (χ0v) is 9.69. The van der Waals surface area contributed by atoms with Gasteiger partial charge in [0.15, 0.2) is 0 Å². The first kappa shape index (κ1) is 12.1. The predicted octanol–water partition coefficient (Wildman–Crippen LogP) is 2.07. The fourth-order valence-corrected chi connectivity index (χ4v) is 2.06. The largest absolute Gasteiger partial charge is 0.464 e. The van der Waals surface area contributed by atoms with Crippen molar-refractivity contribution in [3.63, 3.8) is 0 Å². The molecule has 2 atom stereocenters. The lowest BCUT2D eigenvalue weighted by Crippen LogP contribution is -2.36. The Labute approximate surface area is 99.2 Å². The number of furan rings is 1. The second-order valence-corrected chi connectivity index (χ2v) is 4.06. The van der Waals surface area contributed by atoms with Crippen molar-refractivity contribution in [2.24, 2.45) is 0 Å². The molecule has 0 amide bonds. The van der Waals surface area contributed by atoms with Crippen molar-refractivity contribution in [2.45, 2.75) is 12.0 Å². The Balaban J connectivity index is 2.34. The molecule has 2 N–H and O–H groups in total. The summed E-state index contributed by atoms with van der Waals surface area (Å²) in [5.74, 6) is -0.343. The highest BCUT2D eigenvalue weighted by molar-refractivity contribution is 5.77. The number of aliphatic hydroxyl groups excluding tert-OH is 1. The van der Waals surface area contributed by atoms with Crippen LogP contribution in [0.1, 0.15) is 11.5 Å². The van der Waals surface area contributed by atoms with Crippen LogP contribution < -0.4 is 5.32 Å². The number of hydrogen-bond donors (Lipinski definition) is 2. The average Bonchev–Trinajstić information content (AvgIpc) is 2.82. The van der Waals surface area contributed by atoms with Gasteiger partial charge in [0, 0.05) is 17.3 Å². The summed E-state index contributed by atoms with van der Waals surface area (Å²) in [4.78, 5) is 0. The zero-order chi connectivity index (χ0) is 12.3. The van der Waals surface area contributed by atoms with Gasteiger partial charge in [-0.15, -0.1) is 0 Å². The van der Waals surface area contributed by atoms with E-state index >= 15 is 0 Å². The van der Waals surface area contributed by atoms with E-state index in [0.29, 0.717) is 0 Å². The van der Waals surface area contributed by atoms with Gasteiger partial charge < -0.3 is 14.8 Å². The Hall–Kier alpha value is -1.39. The minimum absolute atomic E-state index is 0.0888. The molecular weight excluding hydrogens is 221 g/mol. The number of rotatable bonds is 5. The molecule has 0 saturated heterocycles. The molecule has 3 nitrogen and oxygen atoms in total. The number of benzene rings is 1. The molecule has 0 aliphatic heterocycles. The molecule has 0 radical (unpaired) electrons. The summed E-state index contributed by atoms with van der Waals surface area (Å²) in [5.41, 5.74) is 1.66. The number of hydrogen-bond acceptors (Lipinski definition) is 3. The number of fused-ring (bicyclic) bond motifs is 1. The van der Waals surface area contributed by atoms with Crippen molar-refractivity contribution in [1.82, 2.24) is 5.32 Å². The van der Waals surface area contributed by atoms with Crippen LogP contribution in [0.3, 0.4) is 0 Å². The van der Waals surface area contributed by atoms with Crippen molar-refractivity contribution < 1.29 is 13.9 Å². The Morgan fingerprint density at radius 2 is 2.24 bits per heavy atom. The highest BCUT2D eigenvalue weighted by Gasteiger charge is 2.21. The standard InChI is InChI=1S/C13H16FNO2/c1-15-12(8-16)11(7-14)9-2-3-13-10(6-9)4-5-17-13/h2-6,11-12,15-16H,7-8H2,1H3. The van der Waals surface area contributed by atoms with Gasteiger partial charge in [-0.3, -0.25) is 4.39 Å². The number of likely N-dealkylation sites (N-methyl/N-ethyl adjacent to an activating group) is 1. The van der Waals surface area contributed by atoms with Crippen LogP contribution in [0.5, 0.6) is 0 Å². The molecule has 0 aliphatic carbocycles. The van der Waals surface area contributed by atoms with E-state index in [1.165, 1.54) is 0 Å². The maximum atomic E-state index is 13.1. The third-order valence-electron chi connectivity index (χ3n) is 3.12. The molecule has 2 aromatic rings. The maximum Gasteiger partial charge on any atom is 0.133 e. The molecule has 0 fully saturated rings. The molecule has 92 valence electrons. The van der Waals surface area contributed by atoms with Gasteiger partial charge in [-0.05, 0) is 30.8 Å². The van der Waals surface area contributed by atoms with Crippen molar-refractivity contribution in [3.05, 3.63) is 36.1 Å². The van der Waals surface area contributed by atoms with E-state index in [2.05, 4.69) is 5.32 Å². The van der Waals surface area contributed by atoms with Gasteiger partial charge >= 0.3 is 0 Å². The Morgan fingerprint density at radius 3 is 2.88 bits per heavy atom. The van der Waals surface area contributed by atoms with E-state index in [-0.39, 0.29) is 18.6 Å². The molecule has 2 rings (SSSR count). The third-order valence-corrected chi connectivity index (χ3v) is 3.12. The van der Waals surface area contributed by atoms with Gasteiger partial charge in [0.05, 0.1) is 19.5 Å². The SMILES string of the molecule is CNC(CO)C(CF)c1ccc2occc2c1. The second kappa shape index (κ2) is 5.29. The molecule has 1 aromatic heterocycles. The van der Waals surface area contributed by atoms with E-state index in [1.807, 2.05) is 24.3 Å². The van der Waals surface area contributed by atoms with Crippen LogP contribution in [0, 0.1) is 0 Å². The van der Waals surface area contributed by atoms with Crippen LogP contribution in [0.2, 0.25) is 0 Å². The zero-order valence-electron chi connectivity index (χ0n) is 9.69. The first-order valence-electron chi connectivity index (χ1n) is 5.61. The maximum absolute atomic E-state index is 13.1. The highest BCUT2D eigenvalue weighted by Crippen LogP contribution is 2.25. The van der Waals surface area contributed by atoms with E-state index < -0.39 is 6.67 Å². The molecule has 1 aromatic carbocycles. The van der Waals surface area contributed by atoms with Crippen molar-refractivity contribution in [1.29, 1.82) is 0 Å². The summed E-state index contributed by atoms with van der Waals surface area (Å²) in [7, 11) is 1.72. The van der Waals surface area contributed by atoms with Gasteiger partial charge in [0.1, 0.15) is 5.58 Å². The topological polar surface area (TPSA) is 45.4 Å². The van der Waals surface area contributed by atoms with Crippen LogP contribution in [0.4, 0.5) is 4.39 Å². The number of nitrogens with one attached hydrogen (secondary N) is 1. The van der Waals surface area contributed by atoms with Crippen molar-refractivity contribution in [2.75, 3.05) is 20.3 Å². The average molecular weight is 237 g/mol. The Bertz CT molecular complexity index is 479. The molecule has 4 heteroatoms. The summed E-state index contributed by atoms with van der Waals surface area (Å²) >= 11 is 0. The summed E-state index contributed by atoms with van der Waals surface area (Å²) in [6.45, 7) is -0.593. The van der Waals surface area contributed by atoms with Gasteiger partial charge in [0.25, 0.3) is 0 Å². The van der Waals surface area contributed by atoms with Crippen LogP contribution in [0.25, 0.3) is 11.0 Å². The molecule has 0 spiro atoms. The van der Waals surface area contributed by atoms with Crippen molar-refractivity contribution in [3.8, 4) is 0 Å². The monoisotopic (exact) mass is 237 g/mol. The first-order valence-corrected chi connectivity index (χ1v) is 5.61. The number of alkyl halides is 1. The first-order chi connectivity index (χ1) is 8.30. The van der Waals surface area contributed by atoms with E-state index in [9.17, 15) is 9.50 Å². The minimum atomic E-state index is -0.505.